The maximum Gasteiger partial charge on any atom is 0.233 e. The molecule has 3 rings (SSSR count). The number of aromatic nitrogens is 3. The molecule has 6 nitrogen and oxygen atoms in total. The zero-order valence-corrected chi connectivity index (χ0v) is 11.7. The minimum atomic E-state index is 0.181. The first-order chi connectivity index (χ1) is 9.25. The van der Waals surface area contributed by atoms with Crippen LogP contribution in [0, 0.1) is 0 Å². The van der Waals surface area contributed by atoms with Gasteiger partial charge < -0.3 is 10.7 Å². The number of hydrogen-bond donors (Lipinski definition) is 1. The highest BCUT2D eigenvalue weighted by Gasteiger charge is 2.30. The molecule has 2 N–H and O–H groups in total. The van der Waals surface area contributed by atoms with E-state index in [0.29, 0.717) is 16.8 Å². The third kappa shape index (κ3) is 2.86. The average Bonchev–Trinajstić information content (AvgIpc) is 3.22. The zero-order chi connectivity index (χ0) is 13.2. The maximum atomic E-state index is 12.0. The predicted molar refractivity (Wildman–Crippen MR) is 73.3 cm³/mol. The minimum absolute atomic E-state index is 0.181. The van der Waals surface area contributed by atoms with Crippen LogP contribution in [0.5, 0.6) is 0 Å². The Morgan fingerprint density at radius 3 is 2.68 bits per heavy atom. The van der Waals surface area contributed by atoms with Crippen LogP contribution in [0.25, 0.3) is 0 Å². The van der Waals surface area contributed by atoms with E-state index < -0.39 is 0 Å². The Labute approximate surface area is 116 Å². The molecule has 1 amide bonds. The van der Waals surface area contributed by atoms with Gasteiger partial charge in [0.2, 0.25) is 11.1 Å². The van der Waals surface area contributed by atoms with Gasteiger partial charge >= 0.3 is 0 Å². The molecular weight excluding hydrogens is 262 g/mol. The quantitative estimate of drug-likeness (QED) is 0.657. The number of piperidine rings is 1. The summed E-state index contributed by atoms with van der Waals surface area (Å²) in [6.07, 6.45) is 5.77. The van der Waals surface area contributed by atoms with E-state index in [-0.39, 0.29) is 5.91 Å². The lowest BCUT2D eigenvalue weighted by Crippen LogP contribution is -2.36. The first-order valence-corrected chi connectivity index (χ1v) is 7.85. The van der Waals surface area contributed by atoms with Crippen LogP contribution >= 0.6 is 11.8 Å². The van der Waals surface area contributed by atoms with Gasteiger partial charge in [0.1, 0.15) is 0 Å². The molecule has 104 valence electrons. The van der Waals surface area contributed by atoms with Crippen molar-refractivity contribution in [3.8, 4) is 0 Å². The summed E-state index contributed by atoms with van der Waals surface area (Å²) in [6, 6.07) is 0. The van der Waals surface area contributed by atoms with E-state index >= 15 is 0 Å². The molecule has 2 heterocycles. The molecule has 0 unspecified atom stereocenters. The minimum Gasteiger partial charge on any atom is -0.342 e. The van der Waals surface area contributed by atoms with Crippen molar-refractivity contribution < 1.29 is 4.79 Å². The van der Waals surface area contributed by atoms with Crippen molar-refractivity contribution in [2.24, 2.45) is 0 Å². The fraction of sp³-hybridized carbons (Fsp3) is 0.750. The van der Waals surface area contributed by atoms with Gasteiger partial charge in [-0.15, -0.1) is 10.2 Å². The summed E-state index contributed by atoms with van der Waals surface area (Å²) in [6.45, 7) is 1.78. The largest absolute Gasteiger partial charge is 0.342 e. The summed E-state index contributed by atoms with van der Waals surface area (Å²) >= 11 is 1.39. The Hall–Kier alpha value is -1.24. The van der Waals surface area contributed by atoms with E-state index in [9.17, 15) is 4.79 Å². The third-order valence-electron chi connectivity index (χ3n) is 3.67. The Morgan fingerprint density at radius 1 is 1.26 bits per heavy atom. The highest BCUT2D eigenvalue weighted by atomic mass is 32.2. The second kappa shape index (κ2) is 5.40. The Morgan fingerprint density at radius 2 is 2.00 bits per heavy atom. The monoisotopic (exact) mass is 281 g/mol. The summed E-state index contributed by atoms with van der Waals surface area (Å²) in [4.78, 5) is 14.0. The number of nitrogens with two attached hydrogens (primary N) is 1. The van der Waals surface area contributed by atoms with Crippen LogP contribution in [0.4, 0.5) is 0 Å². The van der Waals surface area contributed by atoms with Crippen LogP contribution in [-0.2, 0) is 4.79 Å². The predicted octanol–water partition coefficient (Wildman–Crippen LogP) is 0.974. The standard InChI is InChI=1S/C12H19N5OS/c13-17-11(9-4-5-9)14-15-12(17)19-8-10(18)16-6-2-1-3-7-16/h9H,1-8,13H2. The number of carbonyl (C=O) groups excluding carboxylic acids is 1. The molecule has 1 aliphatic heterocycles. The molecule has 1 saturated carbocycles. The smallest absolute Gasteiger partial charge is 0.233 e. The van der Waals surface area contributed by atoms with Gasteiger partial charge in [-0.1, -0.05) is 11.8 Å². The van der Waals surface area contributed by atoms with Crippen molar-refractivity contribution in [3.63, 3.8) is 0 Å². The number of rotatable bonds is 4. The highest BCUT2D eigenvalue weighted by Crippen LogP contribution is 2.39. The van der Waals surface area contributed by atoms with Gasteiger partial charge in [0.15, 0.2) is 5.82 Å². The van der Waals surface area contributed by atoms with Crippen LogP contribution in [0.15, 0.2) is 5.16 Å². The van der Waals surface area contributed by atoms with Gasteiger partial charge in [-0.2, -0.15) is 0 Å². The van der Waals surface area contributed by atoms with Gasteiger partial charge in [0.05, 0.1) is 5.75 Å². The SMILES string of the molecule is Nn1c(SCC(=O)N2CCCCC2)nnc1C1CC1. The lowest BCUT2D eigenvalue weighted by atomic mass is 10.1. The second-order valence-electron chi connectivity index (χ2n) is 5.22. The van der Waals surface area contributed by atoms with Gasteiger partial charge in [0, 0.05) is 19.0 Å². The van der Waals surface area contributed by atoms with E-state index in [1.54, 1.807) is 4.68 Å². The van der Waals surface area contributed by atoms with E-state index in [1.165, 1.54) is 18.2 Å². The fourth-order valence-corrected chi connectivity index (χ4v) is 3.13. The molecule has 19 heavy (non-hydrogen) atoms. The first kappa shape index (κ1) is 12.8. The van der Waals surface area contributed by atoms with Crippen molar-refractivity contribution in [1.82, 2.24) is 19.8 Å². The van der Waals surface area contributed by atoms with Crippen LogP contribution in [-0.4, -0.2) is 44.5 Å². The molecule has 2 aliphatic rings. The van der Waals surface area contributed by atoms with E-state index in [0.717, 1.165) is 44.6 Å². The molecule has 2 fully saturated rings. The van der Waals surface area contributed by atoms with Gasteiger partial charge in [-0.3, -0.25) is 4.79 Å². The summed E-state index contributed by atoms with van der Waals surface area (Å²) in [7, 11) is 0. The Bertz CT molecular complexity index is 465. The molecule has 0 bridgehead atoms. The maximum absolute atomic E-state index is 12.0. The van der Waals surface area contributed by atoms with Crippen LogP contribution < -0.4 is 5.84 Å². The van der Waals surface area contributed by atoms with E-state index in [1.807, 2.05) is 4.90 Å². The fourth-order valence-electron chi connectivity index (χ4n) is 2.37. The number of carbonyl (C=O) groups is 1. The van der Waals surface area contributed by atoms with Crippen molar-refractivity contribution in [3.05, 3.63) is 5.82 Å². The summed E-state index contributed by atoms with van der Waals surface area (Å²) in [5.41, 5.74) is 0. The summed E-state index contributed by atoms with van der Waals surface area (Å²) in [5, 5.41) is 8.83. The molecule has 1 aromatic heterocycles. The highest BCUT2D eigenvalue weighted by molar-refractivity contribution is 7.99. The van der Waals surface area contributed by atoms with Gasteiger partial charge in [-0.05, 0) is 32.1 Å². The van der Waals surface area contributed by atoms with Crippen LogP contribution in [0.2, 0.25) is 0 Å². The van der Waals surface area contributed by atoms with Crippen molar-refractivity contribution in [2.75, 3.05) is 24.7 Å². The Kier molecular flexibility index (Phi) is 3.63. The zero-order valence-electron chi connectivity index (χ0n) is 10.9. The Balaban J connectivity index is 1.55. The summed E-state index contributed by atoms with van der Waals surface area (Å²) in [5.74, 6) is 7.87. The topological polar surface area (TPSA) is 77.0 Å². The molecule has 0 radical (unpaired) electrons. The number of amides is 1. The normalized spacial score (nSPS) is 19.7. The number of thioether (sulfide) groups is 1. The van der Waals surface area contributed by atoms with Crippen molar-refractivity contribution >= 4 is 17.7 Å². The molecule has 0 spiro atoms. The molecule has 1 aromatic rings. The molecular formula is C12H19N5OS. The van der Waals surface area contributed by atoms with Gasteiger partial charge in [0.25, 0.3) is 0 Å². The molecule has 0 atom stereocenters. The number of nitrogens with zero attached hydrogens (tertiary/aromatic N) is 4. The van der Waals surface area contributed by atoms with Crippen molar-refractivity contribution in [1.29, 1.82) is 0 Å². The first-order valence-electron chi connectivity index (χ1n) is 6.86. The molecule has 7 heteroatoms. The number of likely N-dealkylation sites (tertiary alicyclic amines) is 1. The average molecular weight is 281 g/mol. The molecule has 1 saturated heterocycles. The van der Waals surface area contributed by atoms with Crippen LogP contribution in [0.3, 0.4) is 0 Å². The summed E-state index contributed by atoms with van der Waals surface area (Å²) < 4.78 is 1.55. The molecule has 0 aromatic carbocycles. The van der Waals surface area contributed by atoms with E-state index in [4.69, 9.17) is 5.84 Å². The lowest BCUT2D eigenvalue weighted by molar-refractivity contribution is -0.129. The van der Waals surface area contributed by atoms with E-state index in [2.05, 4.69) is 10.2 Å². The third-order valence-corrected chi connectivity index (χ3v) is 4.59. The number of hydrogen-bond acceptors (Lipinski definition) is 5. The van der Waals surface area contributed by atoms with Crippen molar-refractivity contribution in [2.45, 2.75) is 43.2 Å². The second-order valence-corrected chi connectivity index (χ2v) is 6.16. The molecule has 1 aliphatic carbocycles. The van der Waals surface area contributed by atoms with Gasteiger partial charge in [-0.25, -0.2) is 4.68 Å². The number of nitrogen functional groups attached to an aromatic ring is 1. The van der Waals surface area contributed by atoms with Crippen LogP contribution in [0.1, 0.15) is 43.8 Å². The lowest BCUT2D eigenvalue weighted by Gasteiger charge is -2.26.